The number of H-pyrrole nitrogens is 1. The van der Waals surface area contributed by atoms with Gasteiger partial charge in [-0.05, 0) is 25.0 Å². The number of para-hydroxylation sites is 1. The zero-order valence-electron chi connectivity index (χ0n) is 14.2. The number of hydrogen-bond acceptors (Lipinski definition) is 3. The van der Waals surface area contributed by atoms with Gasteiger partial charge in [0.1, 0.15) is 0 Å². The summed E-state index contributed by atoms with van der Waals surface area (Å²) in [5, 5.41) is 4.17. The van der Waals surface area contributed by atoms with Crippen molar-refractivity contribution in [1.82, 2.24) is 20.1 Å². The summed E-state index contributed by atoms with van der Waals surface area (Å²) < 4.78 is 0. The standard InChI is InChI=1S/C18H24N4O2/c1-21(2)16(23)12-22-10-7-14(8-11-22)20-18(24)15-5-3-4-13-6-9-19-17(13)15/h3-6,9,14,19H,7-8,10-12H2,1-2H3,(H,20,24). The monoisotopic (exact) mass is 328 g/mol. The van der Waals surface area contributed by atoms with Crippen molar-refractivity contribution in [3.63, 3.8) is 0 Å². The molecule has 1 aliphatic heterocycles. The number of carbonyl (C=O) groups is 2. The summed E-state index contributed by atoms with van der Waals surface area (Å²) >= 11 is 0. The third kappa shape index (κ3) is 3.59. The lowest BCUT2D eigenvalue weighted by atomic mass is 10.0. The number of nitrogens with one attached hydrogen (secondary N) is 2. The van der Waals surface area contributed by atoms with Crippen molar-refractivity contribution in [2.24, 2.45) is 0 Å². The Kier molecular flexibility index (Phi) is 4.85. The highest BCUT2D eigenvalue weighted by Crippen LogP contribution is 2.18. The Morgan fingerprint density at radius 2 is 2.00 bits per heavy atom. The number of aromatic amines is 1. The Balaban J connectivity index is 1.55. The van der Waals surface area contributed by atoms with Gasteiger partial charge in [-0.25, -0.2) is 0 Å². The number of fused-ring (bicyclic) bond motifs is 1. The lowest BCUT2D eigenvalue weighted by Gasteiger charge is -2.32. The molecule has 1 saturated heterocycles. The van der Waals surface area contributed by atoms with Gasteiger partial charge in [0.25, 0.3) is 5.91 Å². The Morgan fingerprint density at radius 3 is 2.71 bits per heavy atom. The quantitative estimate of drug-likeness (QED) is 0.893. The summed E-state index contributed by atoms with van der Waals surface area (Å²) in [4.78, 5) is 31.2. The van der Waals surface area contributed by atoms with Crippen LogP contribution in [0.4, 0.5) is 0 Å². The lowest BCUT2D eigenvalue weighted by molar-refractivity contribution is -0.130. The summed E-state index contributed by atoms with van der Waals surface area (Å²) in [5.74, 6) is 0.0850. The molecule has 0 bridgehead atoms. The van der Waals surface area contributed by atoms with Gasteiger partial charge < -0.3 is 15.2 Å². The SMILES string of the molecule is CN(C)C(=O)CN1CCC(NC(=O)c2cccc3cc[nH]c23)CC1. The van der Waals surface area contributed by atoms with Gasteiger partial charge in [-0.15, -0.1) is 0 Å². The first kappa shape index (κ1) is 16.5. The molecule has 0 radical (unpaired) electrons. The number of benzene rings is 1. The van der Waals surface area contributed by atoms with Crippen LogP contribution in [-0.2, 0) is 4.79 Å². The largest absolute Gasteiger partial charge is 0.361 e. The Bertz CT molecular complexity index is 729. The van der Waals surface area contributed by atoms with Gasteiger partial charge in [-0.2, -0.15) is 0 Å². The van der Waals surface area contributed by atoms with Gasteiger partial charge in [-0.3, -0.25) is 14.5 Å². The van der Waals surface area contributed by atoms with E-state index in [9.17, 15) is 9.59 Å². The molecule has 1 aromatic heterocycles. The van der Waals surface area contributed by atoms with Crippen LogP contribution in [0.15, 0.2) is 30.5 Å². The van der Waals surface area contributed by atoms with Crippen molar-refractivity contribution in [3.8, 4) is 0 Å². The summed E-state index contributed by atoms with van der Waals surface area (Å²) in [7, 11) is 3.55. The zero-order valence-corrected chi connectivity index (χ0v) is 14.2. The maximum atomic E-state index is 12.6. The number of likely N-dealkylation sites (tertiary alicyclic amines) is 1. The van der Waals surface area contributed by atoms with Crippen LogP contribution in [0.25, 0.3) is 10.9 Å². The molecule has 2 heterocycles. The summed E-state index contributed by atoms with van der Waals surface area (Å²) in [6.07, 6.45) is 3.59. The van der Waals surface area contributed by atoms with Crippen molar-refractivity contribution < 1.29 is 9.59 Å². The minimum absolute atomic E-state index is 0.0362. The van der Waals surface area contributed by atoms with Crippen molar-refractivity contribution in [1.29, 1.82) is 0 Å². The first-order valence-corrected chi connectivity index (χ1v) is 8.34. The van der Waals surface area contributed by atoms with E-state index in [2.05, 4.69) is 15.2 Å². The molecule has 1 aromatic carbocycles. The van der Waals surface area contributed by atoms with Gasteiger partial charge in [0.2, 0.25) is 5.91 Å². The zero-order chi connectivity index (χ0) is 17.1. The van der Waals surface area contributed by atoms with Crippen molar-refractivity contribution >= 4 is 22.7 Å². The van der Waals surface area contributed by atoms with Crippen LogP contribution in [0.3, 0.4) is 0 Å². The number of amides is 2. The molecule has 6 nitrogen and oxygen atoms in total. The number of likely N-dealkylation sites (N-methyl/N-ethyl adjacent to an activating group) is 1. The number of nitrogens with zero attached hydrogens (tertiary/aromatic N) is 2. The second kappa shape index (κ2) is 7.05. The molecule has 2 aromatic rings. The molecule has 0 unspecified atom stereocenters. The molecule has 3 rings (SSSR count). The fourth-order valence-corrected chi connectivity index (χ4v) is 3.11. The van der Waals surface area contributed by atoms with E-state index in [4.69, 9.17) is 0 Å². The van der Waals surface area contributed by atoms with Crippen LogP contribution < -0.4 is 5.32 Å². The molecular formula is C18H24N4O2. The summed E-state index contributed by atoms with van der Waals surface area (Å²) in [6, 6.07) is 7.86. The van der Waals surface area contributed by atoms with E-state index in [1.807, 2.05) is 30.5 Å². The summed E-state index contributed by atoms with van der Waals surface area (Å²) in [6.45, 7) is 2.11. The molecule has 0 spiro atoms. The minimum Gasteiger partial charge on any atom is -0.361 e. The molecule has 0 saturated carbocycles. The second-order valence-electron chi connectivity index (χ2n) is 6.56. The highest BCUT2D eigenvalue weighted by molar-refractivity contribution is 6.05. The molecule has 24 heavy (non-hydrogen) atoms. The highest BCUT2D eigenvalue weighted by atomic mass is 16.2. The Hall–Kier alpha value is -2.34. The van der Waals surface area contributed by atoms with Crippen molar-refractivity contribution in [2.45, 2.75) is 18.9 Å². The van der Waals surface area contributed by atoms with Crippen LogP contribution >= 0.6 is 0 Å². The van der Waals surface area contributed by atoms with E-state index < -0.39 is 0 Å². The van der Waals surface area contributed by atoms with Crippen LogP contribution in [0.5, 0.6) is 0 Å². The first-order chi connectivity index (χ1) is 11.5. The molecule has 0 aliphatic carbocycles. The maximum Gasteiger partial charge on any atom is 0.253 e. The smallest absolute Gasteiger partial charge is 0.253 e. The van der Waals surface area contributed by atoms with E-state index in [1.165, 1.54) is 0 Å². The molecule has 2 amide bonds. The average Bonchev–Trinajstić information content (AvgIpc) is 3.05. The maximum absolute atomic E-state index is 12.6. The molecular weight excluding hydrogens is 304 g/mol. The number of aromatic nitrogens is 1. The van der Waals surface area contributed by atoms with Crippen molar-refractivity contribution in [2.75, 3.05) is 33.7 Å². The van der Waals surface area contributed by atoms with Crippen molar-refractivity contribution in [3.05, 3.63) is 36.0 Å². The molecule has 1 fully saturated rings. The average molecular weight is 328 g/mol. The normalized spacial score (nSPS) is 16.2. The fraction of sp³-hybridized carbons (Fsp3) is 0.444. The van der Waals surface area contributed by atoms with Gasteiger partial charge in [-0.1, -0.05) is 12.1 Å². The number of rotatable bonds is 4. The predicted molar refractivity (Wildman–Crippen MR) is 93.9 cm³/mol. The minimum atomic E-state index is -0.0362. The van der Waals surface area contributed by atoms with Gasteiger partial charge in [0.05, 0.1) is 17.6 Å². The van der Waals surface area contributed by atoms with E-state index in [0.29, 0.717) is 12.1 Å². The molecule has 6 heteroatoms. The van der Waals surface area contributed by atoms with E-state index in [1.54, 1.807) is 19.0 Å². The third-order valence-electron chi connectivity index (χ3n) is 4.61. The topological polar surface area (TPSA) is 68.4 Å². The molecule has 1 aliphatic rings. The van der Waals surface area contributed by atoms with Crippen LogP contribution in [0.1, 0.15) is 23.2 Å². The van der Waals surface area contributed by atoms with Gasteiger partial charge >= 0.3 is 0 Å². The number of hydrogen-bond donors (Lipinski definition) is 2. The van der Waals surface area contributed by atoms with Crippen LogP contribution in [-0.4, -0.2) is 66.4 Å². The fourth-order valence-electron chi connectivity index (χ4n) is 3.11. The van der Waals surface area contributed by atoms with Crippen LogP contribution in [0.2, 0.25) is 0 Å². The third-order valence-corrected chi connectivity index (χ3v) is 4.61. The lowest BCUT2D eigenvalue weighted by Crippen LogP contribution is -2.47. The van der Waals surface area contributed by atoms with E-state index in [-0.39, 0.29) is 17.9 Å². The molecule has 128 valence electrons. The van der Waals surface area contributed by atoms with Gasteiger partial charge in [0, 0.05) is 44.8 Å². The van der Waals surface area contributed by atoms with E-state index in [0.717, 1.165) is 36.8 Å². The predicted octanol–water partition coefficient (Wildman–Crippen LogP) is 1.45. The Morgan fingerprint density at radius 1 is 1.25 bits per heavy atom. The summed E-state index contributed by atoms with van der Waals surface area (Å²) in [5.41, 5.74) is 1.56. The number of carbonyl (C=O) groups excluding carboxylic acids is 2. The second-order valence-corrected chi connectivity index (χ2v) is 6.56. The first-order valence-electron chi connectivity index (χ1n) is 8.34. The molecule has 2 N–H and O–H groups in total. The number of piperidine rings is 1. The Labute approximate surface area is 141 Å². The van der Waals surface area contributed by atoms with Gasteiger partial charge in [0.15, 0.2) is 0 Å². The van der Waals surface area contributed by atoms with E-state index >= 15 is 0 Å². The highest BCUT2D eigenvalue weighted by Gasteiger charge is 2.23. The molecule has 0 atom stereocenters. The van der Waals surface area contributed by atoms with Crippen LogP contribution in [0, 0.1) is 0 Å².